The quantitative estimate of drug-likeness (QED) is 0.361. The maximum absolute atomic E-state index is 12.3. The summed E-state index contributed by atoms with van der Waals surface area (Å²) < 4.78 is 5.48. The molecule has 0 saturated carbocycles. The van der Waals surface area contributed by atoms with Crippen molar-refractivity contribution < 1.29 is 14.5 Å². The van der Waals surface area contributed by atoms with E-state index < -0.39 is 10.8 Å². The van der Waals surface area contributed by atoms with E-state index in [1.165, 1.54) is 12.1 Å². The van der Waals surface area contributed by atoms with Crippen LogP contribution in [0.5, 0.6) is 5.75 Å². The number of hydrogen-bond donors (Lipinski definition) is 2. The van der Waals surface area contributed by atoms with Gasteiger partial charge in [-0.15, -0.1) is 0 Å². The van der Waals surface area contributed by atoms with E-state index in [9.17, 15) is 14.9 Å². The topological polar surface area (TPSA) is 123 Å². The number of amides is 1. The minimum absolute atomic E-state index is 0.0455. The van der Waals surface area contributed by atoms with Gasteiger partial charge in [0.1, 0.15) is 11.4 Å². The molecule has 0 unspecified atom stereocenters. The van der Waals surface area contributed by atoms with E-state index in [-0.39, 0.29) is 11.4 Å². The molecular formula is C20H19N5O4. The van der Waals surface area contributed by atoms with Crippen LogP contribution < -0.4 is 10.2 Å². The van der Waals surface area contributed by atoms with Gasteiger partial charge >= 0.3 is 0 Å². The normalized spacial score (nSPS) is 11.2. The molecule has 0 atom stereocenters. The largest absolute Gasteiger partial charge is 0.494 e. The van der Waals surface area contributed by atoms with Gasteiger partial charge in [0.2, 0.25) is 0 Å². The standard InChI is InChI=1S/C20H19N5O4/c1-3-29-17-9-5-7-15(11-17)18-12-19(23-22-18)20(26)24-21-13(2)14-6-4-8-16(10-14)25(27)28/h4-12H,3H2,1-2H3,(H,22,23)(H,24,26). The number of rotatable bonds is 7. The summed E-state index contributed by atoms with van der Waals surface area (Å²) in [6.45, 7) is 4.11. The SMILES string of the molecule is CCOc1cccc(-c2cc(C(=O)NN=C(C)c3cccc([N+](=O)[O-])c3)[nH]n2)c1. The third-order valence-electron chi connectivity index (χ3n) is 4.06. The molecule has 0 bridgehead atoms. The first-order valence-electron chi connectivity index (χ1n) is 8.86. The number of nitrogens with one attached hydrogen (secondary N) is 2. The van der Waals surface area contributed by atoms with Crippen LogP contribution in [0.1, 0.15) is 29.9 Å². The summed E-state index contributed by atoms with van der Waals surface area (Å²) in [5.41, 5.74) is 4.99. The number of carbonyl (C=O) groups is 1. The van der Waals surface area contributed by atoms with Crippen LogP contribution >= 0.6 is 0 Å². The van der Waals surface area contributed by atoms with Crippen molar-refractivity contribution >= 4 is 17.3 Å². The van der Waals surface area contributed by atoms with Crippen LogP contribution in [-0.4, -0.2) is 33.3 Å². The van der Waals surface area contributed by atoms with E-state index >= 15 is 0 Å². The lowest BCUT2D eigenvalue weighted by Crippen LogP contribution is -2.19. The second-order valence-electron chi connectivity index (χ2n) is 6.07. The fourth-order valence-electron chi connectivity index (χ4n) is 2.60. The highest BCUT2D eigenvalue weighted by Gasteiger charge is 2.12. The first kappa shape index (κ1) is 19.7. The molecule has 2 N–H and O–H groups in total. The lowest BCUT2D eigenvalue weighted by atomic mass is 10.1. The highest BCUT2D eigenvalue weighted by Crippen LogP contribution is 2.23. The molecule has 9 nitrogen and oxygen atoms in total. The maximum atomic E-state index is 12.3. The summed E-state index contributed by atoms with van der Waals surface area (Å²) in [5.74, 6) is 0.241. The summed E-state index contributed by atoms with van der Waals surface area (Å²) in [5, 5.41) is 21.7. The molecule has 0 aliphatic carbocycles. The third-order valence-corrected chi connectivity index (χ3v) is 4.06. The monoisotopic (exact) mass is 393 g/mol. The molecule has 148 valence electrons. The average molecular weight is 393 g/mol. The Bertz CT molecular complexity index is 1070. The molecule has 1 amide bonds. The van der Waals surface area contributed by atoms with Crippen molar-refractivity contribution in [1.82, 2.24) is 15.6 Å². The zero-order valence-electron chi connectivity index (χ0n) is 15.9. The predicted molar refractivity (Wildman–Crippen MR) is 108 cm³/mol. The minimum atomic E-state index is -0.484. The minimum Gasteiger partial charge on any atom is -0.494 e. The van der Waals surface area contributed by atoms with E-state index in [2.05, 4.69) is 20.7 Å². The van der Waals surface area contributed by atoms with Crippen LogP contribution in [-0.2, 0) is 0 Å². The van der Waals surface area contributed by atoms with Crippen molar-refractivity contribution in [2.75, 3.05) is 6.61 Å². The third kappa shape index (κ3) is 4.83. The Morgan fingerprint density at radius 2 is 2.03 bits per heavy atom. The van der Waals surface area contributed by atoms with Crippen molar-refractivity contribution in [3.05, 3.63) is 76.0 Å². The van der Waals surface area contributed by atoms with Crippen molar-refractivity contribution in [2.45, 2.75) is 13.8 Å². The molecule has 0 aliphatic rings. The molecule has 0 radical (unpaired) electrons. The number of nitrogens with zero attached hydrogens (tertiary/aromatic N) is 3. The molecule has 3 aromatic rings. The zero-order valence-corrected chi connectivity index (χ0v) is 15.9. The molecule has 29 heavy (non-hydrogen) atoms. The summed E-state index contributed by atoms with van der Waals surface area (Å²) in [7, 11) is 0. The Kier molecular flexibility index (Phi) is 5.98. The molecule has 1 aromatic heterocycles. The number of hydrogen-bond acceptors (Lipinski definition) is 6. The van der Waals surface area contributed by atoms with E-state index in [0.717, 1.165) is 11.3 Å². The van der Waals surface area contributed by atoms with Gasteiger partial charge in [0.05, 0.1) is 22.9 Å². The first-order chi connectivity index (χ1) is 14.0. The van der Waals surface area contributed by atoms with Gasteiger partial charge in [0.25, 0.3) is 11.6 Å². The number of carbonyl (C=O) groups excluding carboxylic acids is 1. The zero-order chi connectivity index (χ0) is 20.8. The van der Waals surface area contributed by atoms with Crippen LogP contribution in [0.4, 0.5) is 5.69 Å². The Morgan fingerprint density at radius 3 is 2.79 bits per heavy atom. The highest BCUT2D eigenvalue weighted by molar-refractivity contribution is 6.01. The fraction of sp³-hybridized carbons (Fsp3) is 0.150. The Hall–Kier alpha value is -4.01. The highest BCUT2D eigenvalue weighted by atomic mass is 16.6. The molecule has 0 fully saturated rings. The van der Waals surface area contributed by atoms with Crippen molar-refractivity contribution in [2.24, 2.45) is 5.10 Å². The molecule has 0 spiro atoms. The van der Waals surface area contributed by atoms with Crippen molar-refractivity contribution in [3.63, 3.8) is 0 Å². The van der Waals surface area contributed by atoms with E-state index in [4.69, 9.17) is 4.74 Å². The molecule has 0 saturated heterocycles. The van der Waals surface area contributed by atoms with Gasteiger partial charge in [-0.05, 0) is 32.0 Å². The number of nitro benzene ring substituents is 1. The summed E-state index contributed by atoms with van der Waals surface area (Å²) in [6.07, 6.45) is 0. The van der Waals surface area contributed by atoms with Gasteiger partial charge in [-0.25, -0.2) is 5.43 Å². The van der Waals surface area contributed by atoms with Gasteiger partial charge in [-0.3, -0.25) is 20.0 Å². The van der Waals surface area contributed by atoms with Gasteiger partial charge in [0.15, 0.2) is 0 Å². The number of benzene rings is 2. The number of nitro groups is 1. The second kappa shape index (κ2) is 8.79. The molecule has 3 rings (SSSR count). The van der Waals surface area contributed by atoms with Gasteiger partial charge in [0, 0.05) is 23.3 Å². The van der Waals surface area contributed by atoms with Gasteiger partial charge in [-0.1, -0.05) is 24.3 Å². The maximum Gasteiger partial charge on any atom is 0.289 e. The smallest absolute Gasteiger partial charge is 0.289 e. The number of ether oxygens (including phenoxy) is 1. The van der Waals surface area contributed by atoms with E-state index in [1.54, 1.807) is 25.1 Å². The van der Waals surface area contributed by atoms with Crippen LogP contribution in [0.3, 0.4) is 0 Å². The molecule has 9 heteroatoms. The lowest BCUT2D eigenvalue weighted by molar-refractivity contribution is -0.384. The number of aromatic nitrogens is 2. The summed E-state index contributed by atoms with van der Waals surface area (Å²) >= 11 is 0. The molecule has 0 aliphatic heterocycles. The lowest BCUT2D eigenvalue weighted by Gasteiger charge is -2.03. The number of H-pyrrole nitrogens is 1. The molecular weight excluding hydrogens is 374 g/mol. The summed E-state index contributed by atoms with van der Waals surface area (Å²) in [6, 6.07) is 15.0. The van der Waals surface area contributed by atoms with Gasteiger partial charge < -0.3 is 4.74 Å². The van der Waals surface area contributed by atoms with Crippen LogP contribution in [0, 0.1) is 10.1 Å². The first-order valence-corrected chi connectivity index (χ1v) is 8.86. The van der Waals surface area contributed by atoms with Crippen molar-refractivity contribution in [3.8, 4) is 17.0 Å². The molecule has 2 aromatic carbocycles. The summed E-state index contributed by atoms with van der Waals surface area (Å²) in [4.78, 5) is 22.7. The predicted octanol–water partition coefficient (Wildman–Crippen LogP) is 3.54. The fourth-order valence-corrected chi connectivity index (χ4v) is 2.60. The van der Waals surface area contributed by atoms with E-state index in [1.807, 2.05) is 31.2 Å². The second-order valence-corrected chi connectivity index (χ2v) is 6.07. The van der Waals surface area contributed by atoms with Crippen LogP contribution in [0.2, 0.25) is 0 Å². The number of non-ortho nitro benzene ring substituents is 1. The Labute approximate surface area is 166 Å². The van der Waals surface area contributed by atoms with Crippen LogP contribution in [0.25, 0.3) is 11.3 Å². The van der Waals surface area contributed by atoms with Gasteiger partial charge in [-0.2, -0.15) is 10.2 Å². The molecule has 1 heterocycles. The number of aromatic amines is 1. The number of hydrazone groups is 1. The Morgan fingerprint density at radius 1 is 1.24 bits per heavy atom. The average Bonchev–Trinajstić information content (AvgIpc) is 3.23. The van der Waals surface area contributed by atoms with E-state index in [0.29, 0.717) is 23.6 Å². The Balaban J connectivity index is 1.72. The van der Waals surface area contributed by atoms with Crippen molar-refractivity contribution in [1.29, 1.82) is 0 Å². The van der Waals surface area contributed by atoms with Crippen LogP contribution in [0.15, 0.2) is 59.7 Å².